The van der Waals surface area contributed by atoms with Gasteiger partial charge in [-0.1, -0.05) is 0 Å². The lowest BCUT2D eigenvalue weighted by Crippen LogP contribution is -2.07. The molecule has 5 heteroatoms. The molecular weight excluding hydrogens is 248 g/mol. The molecule has 0 aliphatic heterocycles. The molecule has 2 rings (SSSR count). The quantitative estimate of drug-likeness (QED) is 0.908. The fraction of sp³-hybridized carbons (Fsp3) is 0.357. The second-order valence-corrected chi connectivity index (χ2v) is 4.87. The molecule has 0 aliphatic rings. The van der Waals surface area contributed by atoms with Crippen LogP contribution in [0.3, 0.4) is 0 Å². The highest BCUT2D eigenvalue weighted by Gasteiger charge is 2.10. The van der Waals surface area contributed by atoms with Crippen LogP contribution in [0.25, 0.3) is 0 Å². The monoisotopic (exact) mass is 265 g/mol. The molecule has 0 spiro atoms. The zero-order valence-corrected chi connectivity index (χ0v) is 11.2. The first kappa shape index (κ1) is 13.5. The van der Waals surface area contributed by atoms with Crippen LogP contribution >= 0.6 is 0 Å². The first-order valence-corrected chi connectivity index (χ1v) is 6.22. The summed E-state index contributed by atoms with van der Waals surface area (Å²) in [5, 5.41) is 7.37. The van der Waals surface area contributed by atoms with Crippen LogP contribution < -0.4 is 5.32 Å². The average Bonchev–Trinajstić information content (AvgIpc) is 2.76. The Bertz CT molecular complexity index is 543. The smallest absolute Gasteiger partial charge is 0.126 e. The van der Waals surface area contributed by atoms with Crippen molar-refractivity contribution >= 4 is 5.69 Å². The van der Waals surface area contributed by atoms with Crippen molar-refractivity contribution in [3.05, 3.63) is 47.8 Å². The third-order valence-corrected chi connectivity index (χ3v) is 2.90. The van der Waals surface area contributed by atoms with Crippen LogP contribution in [0.5, 0.6) is 0 Å². The van der Waals surface area contributed by atoms with Gasteiger partial charge in [-0.05, 0) is 38.5 Å². The minimum Gasteiger partial charge on any atom is -0.376 e. The van der Waals surface area contributed by atoms with Crippen molar-refractivity contribution in [1.82, 2.24) is 9.78 Å². The van der Waals surface area contributed by atoms with E-state index >= 15 is 0 Å². The van der Waals surface area contributed by atoms with Crippen molar-refractivity contribution in [3.63, 3.8) is 0 Å². The van der Waals surface area contributed by atoms with Gasteiger partial charge in [0.05, 0.1) is 11.9 Å². The summed E-state index contributed by atoms with van der Waals surface area (Å²) < 4.78 is 28.1. The molecule has 1 unspecified atom stereocenters. The lowest BCUT2D eigenvalue weighted by Gasteiger charge is -2.14. The number of rotatable bonds is 4. The van der Waals surface area contributed by atoms with Crippen LogP contribution in [0, 0.1) is 11.6 Å². The van der Waals surface area contributed by atoms with Crippen LogP contribution in [0.1, 0.15) is 38.4 Å². The van der Waals surface area contributed by atoms with Crippen LogP contribution in [0.4, 0.5) is 14.5 Å². The second-order valence-electron chi connectivity index (χ2n) is 4.87. The Morgan fingerprint density at radius 2 is 1.74 bits per heavy atom. The van der Waals surface area contributed by atoms with Gasteiger partial charge >= 0.3 is 0 Å². The van der Waals surface area contributed by atoms with Crippen molar-refractivity contribution in [3.8, 4) is 0 Å². The van der Waals surface area contributed by atoms with Gasteiger partial charge in [-0.25, -0.2) is 8.78 Å². The molecule has 0 radical (unpaired) electrons. The molecule has 19 heavy (non-hydrogen) atoms. The Balaban J connectivity index is 2.13. The average molecular weight is 265 g/mol. The Kier molecular flexibility index (Phi) is 3.83. The molecule has 0 saturated carbocycles. The van der Waals surface area contributed by atoms with Gasteiger partial charge in [-0.3, -0.25) is 4.68 Å². The van der Waals surface area contributed by atoms with E-state index < -0.39 is 11.6 Å². The molecule has 0 aliphatic carbocycles. The first-order chi connectivity index (χ1) is 8.95. The third-order valence-electron chi connectivity index (χ3n) is 2.90. The van der Waals surface area contributed by atoms with E-state index in [-0.39, 0.29) is 12.1 Å². The summed E-state index contributed by atoms with van der Waals surface area (Å²) in [7, 11) is 0. The Morgan fingerprint density at radius 3 is 2.26 bits per heavy atom. The molecule has 1 aromatic carbocycles. The Labute approximate surface area is 111 Å². The molecule has 0 fully saturated rings. The van der Waals surface area contributed by atoms with Crippen molar-refractivity contribution in [2.75, 3.05) is 5.32 Å². The number of aromatic nitrogens is 2. The number of nitrogens with zero attached hydrogens (tertiary/aromatic N) is 2. The van der Waals surface area contributed by atoms with E-state index in [1.807, 2.05) is 31.6 Å². The Hall–Kier alpha value is -1.91. The van der Waals surface area contributed by atoms with Crippen LogP contribution in [0.2, 0.25) is 0 Å². The zero-order chi connectivity index (χ0) is 14.0. The first-order valence-electron chi connectivity index (χ1n) is 6.22. The van der Waals surface area contributed by atoms with Gasteiger partial charge in [-0.2, -0.15) is 5.10 Å². The van der Waals surface area contributed by atoms with E-state index in [1.54, 1.807) is 6.20 Å². The summed E-state index contributed by atoms with van der Waals surface area (Å²) in [4.78, 5) is 0. The largest absolute Gasteiger partial charge is 0.376 e. The summed E-state index contributed by atoms with van der Waals surface area (Å²) >= 11 is 0. The van der Waals surface area contributed by atoms with Gasteiger partial charge in [0.1, 0.15) is 11.6 Å². The lowest BCUT2D eigenvalue weighted by molar-refractivity contribution is 0.532. The maximum atomic E-state index is 13.2. The topological polar surface area (TPSA) is 29.9 Å². The number of hydrogen-bond donors (Lipinski definition) is 1. The van der Waals surface area contributed by atoms with Gasteiger partial charge in [0.15, 0.2) is 0 Å². The van der Waals surface area contributed by atoms with Crippen molar-refractivity contribution in [2.45, 2.75) is 32.9 Å². The molecule has 2 aromatic rings. The molecule has 0 bridgehead atoms. The number of anilines is 1. The van der Waals surface area contributed by atoms with Gasteiger partial charge in [0.25, 0.3) is 0 Å². The highest BCUT2D eigenvalue weighted by Crippen LogP contribution is 2.21. The molecule has 0 amide bonds. The fourth-order valence-electron chi connectivity index (χ4n) is 1.85. The number of halogens is 2. The van der Waals surface area contributed by atoms with Crippen molar-refractivity contribution < 1.29 is 8.78 Å². The van der Waals surface area contributed by atoms with E-state index in [0.717, 1.165) is 11.8 Å². The summed E-state index contributed by atoms with van der Waals surface area (Å²) in [5.41, 5.74) is 1.39. The fourth-order valence-corrected chi connectivity index (χ4v) is 1.85. The maximum absolute atomic E-state index is 13.2. The van der Waals surface area contributed by atoms with E-state index in [4.69, 9.17) is 0 Å². The zero-order valence-electron chi connectivity index (χ0n) is 11.2. The summed E-state index contributed by atoms with van der Waals surface area (Å²) in [6, 6.07) is 3.60. The summed E-state index contributed by atoms with van der Waals surface area (Å²) in [6.45, 7) is 5.91. The van der Waals surface area contributed by atoms with Crippen LogP contribution in [-0.2, 0) is 0 Å². The molecule has 1 atom stereocenters. The second kappa shape index (κ2) is 5.38. The number of nitrogens with one attached hydrogen (secondary N) is 1. The van der Waals surface area contributed by atoms with E-state index in [0.29, 0.717) is 5.56 Å². The van der Waals surface area contributed by atoms with Crippen LogP contribution in [0.15, 0.2) is 30.6 Å². The highest BCUT2D eigenvalue weighted by atomic mass is 19.1. The Morgan fingerprint density at radius 1 is 1.11 bits per heavy atom. The number of benzene rings is 1. The predicted octanol–water partition coefficient (Wildman–Crippen LogP) is 3.92. The van der Waals surface area contributed by atoms with Gasteiger partial charge in [0, 0.05) is 24.3 Å². The van der Waals surface area contributed by atoms with Crippen molar-refractivity contribution in [2.24, 2.45) is 0 Å². The normalized spacial score (nSPS) is 12.7. The van der Waals surface area contributed by atoms with E-state index in [2.05, 4.69) is 10.4 Å². The third kappa shape index (κ3) is 3.30. The molecule has 102 valence electrons. The van der Waals surface area contributed by atoms with Crippen LogP contribution in [-0.4, -0.2) is 9.78 Å². The van der Waals surface area contributed by atoms with Gasteiger partial charge < -0.3 is 5.32 Å². The predicted molar refractivity (Wildman–Crippen MR) is 71.0 cm³/mol. The lowest BCUT2D eigenvalue weighted by atomic mass is 10.1. The van der Waals surface area contributed by atoms with Gasteiger partial charge in [0.2, 0.25) is 0 Å². The van der Waals surface area contributed by atoms with Crippen molar-refractivity contribution in [1.29, 1.82) is 0 Å². The van der Waals surface area contributed by atoms with Gasteiger partial charge in [-0.15, -0.1) is 0 Å². The molecule has 1 aromatic heterocycles. The van der Waals surface area contributed by atoms with E-state index in [9.17, 15) is 8.78 Å². The van der Waals surface area contributed by atoms with E-state index in [1.165, 1.54) is 12.1 Å². The molecular formula is C14H17F2N3. The standard InChI is InChI=1S/C14H17F2N3/c1-9(2)19-8-14(7-17-19)18-10(3)11-4-12(15)6-13(16)5-11/h4-10,18H,1-3H3. The highest BCUT2D eigenvalue weighted by molar-refractivity contribution is 5.41. The molecule has 3 nitrogen and oxygen atoms in total. The molecule has 1 heterocycles. The summed E-state index contributed by atoms with van der Waals surface area (Å²) in [6.07, 6.45) is 3.57. The maximum Gasteiger partial charge on any atom is 0.126 e. The molecule has 0 saturated heterocycles. The molecule has 1 N–H and O–H groups in total. The minimum atomic E-state index is -0.568. The number of hydrogen-bond acceptors (Lipinski definition) is 2. The minimum absolute atomic E-state index is 0.199. The SMILES string of the molecule is CC(Nc1cnn(C(C)C)c1)c1cc(F)cc(F)c1. The summed E-state index contributed by atoms with van der Waals surface area (Å²) in [5.74, 6) is -1.14.